The number of rotatable bonds is 4. The predicted octanol–water partition coefficient (Wildman–Crippen LogP) is 6.14. The van der Waals surface area contributed by atoms with Crippen molar-refractivity contribution >= 4 is 23.4 Å². The standard InChI is InChI=1S/C22H18ClNO3/c1-15-4-2-6-19(12-15)27-20-7-3-5-16(13-20)21-14-26-22(25)24(21)18-10-8-17(23)9-11-18/h2-13,21H,14H2,1H3/t21-/m1/s1. The van der Waals surface area contributed by atoms with Crippen LogP contribution in [0.4, 0.5) is 10.5 Å². The largest absolute Gasteiger partial charge is 0.457 e. The van der Waals surface area contributed by atoms with E-state index in [1.54, 1.807) is 17.0 Å². The molecule has 136 valence electrons. The van der Waals surface area contributed by atoms with Crippen molar-refractivity contribution in [2.24, 2.45) is 0 Å². The van der Waals surface area contributed by atoms with E-state index in [9.17, 15) is 4.79 Å². The number of nitrogens with zero attached hydrogens (tertiary/aromatic N) is 1. The SMILES string of the molecule is Cc1cccc(Oc2cccc([C@H]3COC(=O)N3c3ccc(Cl)cc3)c2)c1. The monoisotopic (exact) mass is 379 g/mol. The number of hydrogen-bond donors (Lipinski definition) is 0. The minimum atomic E-state index is -0.368. The molecule has 1 atom stereocenters. The molecule has 4 nitrogen and oxygen atoms in total. The molecule has 1 amide bonds. The molecular weight excluding hydrogens is 362 g/mol. The van der Waals surface area contributed by atoms with E-state index < -0.39 is 0 Å². The van der Waals surface area contributed by atoms with E-state index in [1.807, 2.05) is 67.6 Å². The molecule has 0 N–H and O–H groups in total. The van der Waals surface area contributed by atoms with Gasteiger partial charge in [-0.2, -0.15) is 0 Å². The molecule has 5 heteroatoms. The number of carbonyl (C=O) groups excluding carboxylic acids is 1. The van der Waals surface area contributed by atoms with Crippen LogP contribution in [-0.4, -0.2) is 12.7 Å². The van der Waals surface area contributed by atoms with Gasteiger partial charge in [-0.15, -0.1) is 0 Å². The minimum absolute atomic E-state index is 0.222. The average Bonchev–Trinajstić information content (AvgIpc) is 3.04. The molecule has 1 aliphatic rings. The molecule has 0 bridgehead atoms. The van der Waals surface area contributed by atoms with Crippen LogP contribution in [0.15, 0.2) is 72.8 Å². The van der Waals surface area contributed by atoms with Gasteiger partial charge in [0.25, 0.3) is 0 Å². The lowest BCUT2D eigenvalue weighted by Gasteiger charge is -2.22. The van der Waals surface area contributed by atoms with Crippen molar-refractivity contribution in [2.75, 3.05) is 11.5 Å². The van der Waals surface area contributed by atoms with Gasteiger partial charge in [-0.25, -0.2) is 4.79 Å². The van der Waals surface area contributed by atoms with Crippen LogP contribution in [0.5, 0.6) is 11.5 Å². The molecule has 1 saturated heterocycles. The van der Waals surface area contributed by atoms with Crippen LogP contribution < -0.4 is 9.64 Å². The zero-order chi connectivity index (χ0) is 18.8. The number of carbonyl (C=O) groups is 1. The van der Waals surface area contributed by atoms with Gasteiger partial charge in [-0.05, 0) is 66.6 Å². The summed E-state index contributed by atoms with van der Waals surface area (Å²) in [5.41, 5.74) is 2.82. The van der Waals surface area contributed by atoms with E-state index in [1.165, 1.54) is 0 Å². The van der Waals surface area contributed by atoms with Crippen LogP contribution in [0.1, 0.15) is 17.2 Å². The van der Waals surface area contributed by atoms with E-state index >= 15 is 0 Å². The molecule has 0 saturated carbocycles. The minimum Gasteiger partial charge on any atom is -0.457 e. The number of aryl methyl sites for hydroxylation is 1. The molecule has 1 aliphatic heterocycles. The van der Waals surface area contributed by atoms with Crippen LogP contribution in [0.25, 0.3) is 0 Å². The second-order valence-corrected chi connectivity index (χ2v) is 6.87. The normalized spacial score (nSPS) is 16.3. The molecule has 0 aromatic heterocycles. The Kier molecular flexibility index (Phi) is 4.73. The Hall–Kier alpha value is -2.98. The fraction of sp³-hybridized carbons (Fsp3) is 0.136. The molecule has 4 rings (SSSR count). The van der Waals surface area contributed by atoms with Crippen molar-refractivity contribution in [3.63, 3.8) is 0 Å². The predicted molar refractivity (Wildman–Crippen MR) is 106 cm³/mol. The van der Waals surface area contributed by atoms with Gasteiger partial charge in [0, 0.05) is 10.7 Å². The first-order valence-corrected chi connectivity index (χ1v) is 9.04. The highest BCUT2D eigenvalue weighted by atomic mass is 35.5. The van der Waals surface area contributed by atoms with Crippen LogP contribution in [0, 0.1) is 6.92 Å². The number of anilines is 1. The van der Waals surface area contributed by atoms with Gasteiger partial charge in [0.15, 0.2) is 0 Å². The maximum absolute atomic E-state index is 12.3. The summed E-state index contributed by atoms with van der Waals surface area (Å²) < 4.78 is 11.3. The third-order valence-electron chi connectivity index (χ3n) is 4.45. The number of benzene rings is 3. The Labute approximate surface area is 162 Å². The lowest BCUT2D eigenvalue weighted by atomic mass is 10.1. The maximum Gasteiger partial charge on any atom is 0.415 e. The summed E-state index contributed by atoms with van der Waals surface area (Å²) >= 11 is 5.97. The second-order valence-electron chi connectivity index (χ2n) is 6.43. The first-order chi connectivity index (χ1) is 13.1. The zero-order valence-electron chi connectivity index (χ0n) is 14.8. The summed E-state index contributed by atoms with van der Waals surface area (Å²) in [7, 11) is 0. The molecule has 0 unspecified atom stereocenters. The number of cyclic esters (lactones) is 1. The number of hydrogen-bond acceptors (Lipinski definition) is 3. The van der Waals surface area contributed by atoms with Crippen molar-refractivity contribution in [3.8, 4) is 11.5 Å². The van der Waals surface area contributed by atoms with Gasteiger partial charge in [-0.1, -0.05) is 35.9 Å². The van der Waals surface area contributed by atoms with Crippen LogP contribution in [-0.2, 0) is 4.74 Å². The lowest BCUT2D eigenvalue weighted by molar-refractivity contribution is 0.179. The summed E-state index contributed by atoms with van der Waals surface area (Å²) in [5, 5.41) is 0.622. The Bertz CT molecular complexity index is 971. The third kappa shape index (κ3) is 3.76. The van der Waals surface area contributed by atoms with E-state index in [4.69, 9.17) is 21.1 Å². The highest BCUT2D eigenvalue weighted by molar-refractivity contribution is 6.30. The summed E-state index contributed by atoms with van der Waals surface area (Å²) in [5.74, 6) is 1.49. The fourth-order valence-corrected chi connectivity index (χ4v) is 3.28. The quantitative estimate of drug-likeness (QED) is 0.546. The molecular formula is C22H18ClNO3. The summed E-state index contributed by atoms with van der Waals surface area (Å²) in [6, 6.07) is 22.5. The molecule has 1 heterocycles. The molecule has 0 aliphatic carbocycles. The summed E-state index contributed by atoms with van der Waals surface area (Å²) in [4.78, 5) is 13.9. The van der Waals surface area contributed by atoms with Crippen molar-refractivity contribution < 1.29 is 14.3 Å². The average molecular weight is 380 g/mol. The number of ether oxygens (including phenoxy) is 2. The zero-order valence-corrected chi connectivity index (χ0v) is 15.5. The van der Waals surface area contributed by atoms with Crippen LogP contribution in [0.2, 0.25) is 5.02 Å². The molecule has 3 aromatic rings. The van der Waals surface area contributed by atoms with Gasteiger partial charge in [0.1, 0.15) is 18.1 Å². The highest BCUT2D eigenvalue weighted by Gasteiger charge is 2.35. The fourth-order valence-electron chi connectivity index (χ4n) is 3.15. The summed E-state index contributed by atoms with van der Waals surface area (Å²) in [6.07, 6.45) is -0.368. The second kappa shape index (κ2) is 7.33. The van der Waals surface area contributed by atoms with E-state index in [0.29, 0.717) is 10.8 Å². The van der Waals surface area contributed by atoms with Gasteiger partial charge in [-0.3, -0.25) is 4.90 Å². The van der Waals surface area contributed by atoms with Gasteiger partial charge < -0.3 is 9.47 Å². The molecule has 27 heavy (non-hydrogen) atoms. The maximum atomic E-state index is 12.3. The Morgan fingerprint density at radius 2 is 1.70 bits per heavy atom. The molecule has 0 radical (unpaired) electrons. The van der Waals surface area contributed by atoms with Gasteiger partial charge >= 0.3 is 6.09 Å². The van der Waals surface area contributed by atoms with Gasteiger partial charge in [0.2, 0.25) is 0 Å². The van der Waals surface area contributed by atoms with E-state index in [0.717, 1.165) is 22.6 Å². The van der Waals surface area contributed by atoms with Crippen molar-refractivity contribution in [1.82, 2.24) is 0 Å². The molecule has 0 spiro atoms. The van der Waals surface area contributed by atoms with E-state index in [-0.39, 0.29) is 18.7 Å². The van der Waals surface area contributed by atoms with Crippen molar-refractivity contribution in [1.29, 1.82) is 0 Å². The highest BCUT2D eigenvalue weighted by Crippen LogP contribution is 2.35. The Morgan fingerprint density at radius 3 is 2.44 bits per heavy atom. The first kappa shape index (κ1) is 17.4. The first-order valence-electron chi connectivity index (χ1n) is 8.66. The van der Waals surface area contributed by atoms with Gasteiger partial charge in [0.05, 0.1) is 6.04 Å². The topological polar surface area (TPSA) is 38.8 Å². The number of halogens is 1. The smallest absolute Gasteiger partial charge is 0.415 e. The van der Waals surface area contributed by atoms with Crippen molar-refractivity contribution in [3.05, 3.63) is 88.9 Å². The van der Waals surface area contributed by atoms with Crippen LogP contribution >= 0.6 is 11.6 Å². The van der Waals surface area contributed by atoms with Crippen LogP contribution in [0.3, 0.4) is 0 Å². The lowest BCUT2D eigenvalue weighted by Crippen LogP contribution is -2.27. The Morgan fingerprint density at radius 1 is 1.00 bits per heavy atom. The summed E-state index contributed by atoms with van der Waals surface area (Å²) in [6.45, 7) is 2.31. The Balaban J connectivity index is 1.62. The molecule has 1 fully saturated rings. The van der Waals surface area contributed by atoms with Crippen molar-refractivity contribution in [2.45, 2.75) is 13.0 Å². The van der Waals surface area contributed by atoms with E-state index in [2.05, 4.69) is 0 Å². The number of amides is 1. The third-order valence-corrected chi connectivity index (χ3v) is 4.70. The molecule has 3 aromatic carbocycles.